The maximum atomic E-state index is 12.8. The number of anilines is 1. The third kappa shape index (κ3) is 3.25. The summed E-state index contributed by atoms with van der Waals surface area (Å²) in [7, 11) is 0. The highest BCUT2D eigenvalue weighted by atomic mass is 35.5. The molecule has 140 valence electrons. The summed E-state index contributed by atoms with van der Waals surface area (Å²) in [4.78, 5) is 14.6. The topological polar surface area (TPSA) is 32.3 Å². The molecule has 4 rings (SSSR count). The number of carbonyl (C=O) groups is 1. The zero-order valence-electron chi connectivity index (χ0n) is 15.8. The van der Waals surface area contributed by atoms with Crippen molar-refractivity contribution in [1.82, 2.24) is 4.90 Å². The second-order valence-electron chi connectivity index (χ2n) is 7.31. The van der Waals surface area contributed by atoms with Gasteiger partial charge in [-0.1, -0.05) is 35.9 Å². The van der Waals surface area contributed by atoms with Gasteiger partial charge in [0.1, 0.15) is 0 Å². The Balaban J connectivity index is 1.69. The van der Waals surface area contributed by atoms with E-state index in [2.05, 4.69) is 41.7 Å². The highest BCUT2D eigenvalue weighted by Crippen LogP contribution is 2.50. The van der Waals surface area contributed by atoms with Gasteiger partial charge in [-0.25, -0.2) is 0 Å². The average Bonchev–Trinajstić information content (AvgIpc) is 3.19. The van der Waals surface area contributed by atoms with Crippen molar-refractivity contribution in [2.45, 2.75) is 32.2 Å². The fourth-order valence-corrected chi connectivity index (χ4v) is 4.55. The summed E-state index contributed by atoms with van der Waals surface area (Å²) in [5, 5.41) is 4.48. The summed E-state index contributed by atoms with van der Waals surface area (Å²) in [6, 6.07) is 14.5. The van der Waals surface area contributed by atoms with Crippen LogP contribution in [0.15, 0.2) is 54.6 Å². The van der Waals surface area contributed by atoms with Gasteiger partial charge in [-0.05, 0) is 67.6 Å². The predicted molar refractivity (Wildman–Crippen MR) is 111 cm³/mol. The van der Waals surface area contributed by atoms with Crippen LogP contribution in [-0.4, -0.2) is 23.9 Å². The molecule has 3 unspecified atom stereocenters. The lowest BCUT2D eigenvalue weighted by Crippen LogP contribution is -2.32. The zero-order valence-corrected chi connectivity index (χ0v) is 16.5. The molecule has 0 spiro atoms. The Morgan fingerprint density at radius 3 is 2.59 bits per heavy atom. The van der Waals surface area contributed by atoms with E-state index in [4.69, 9.17) is 11.6 Å². The largest absolute Gasteiger partial charge is 0.378 e. The summed E-state index contributed by atoms with van der Waals surface area (Å²) >= 11 is 6.07. The van der Waals surface area contributed by atoms with Crippen LogP contribution in [0.4, 0.5) is 5.69 Å². The predicted octanol–water partition coefficient (Wildman–Crippen LogP) is 5.65. The van der Waals surface area contributed by atoms with Crippen LogP contribution in [0, 0.1) is 5.92 Å². The maximum Gasteiger partial charge on any atom is 0.253 e. The Morgan fingerprint density at radius 1 is 1.15 bits per heavy atom. The van der Waals surface area contributed by atoms with Crippen LogP contribution in [0.2, 0.25) is 5.02 Å². The molecule has 2 aliphatic rings. The first-order valence-electron chi connectivity index (χ1n) is 9.74. The van der Waals surface area contributed by atoms with E-state index in [1.807, 2.05) is 36.9 Å². The molecule has 1 N–H and O–H groups in total. The lowest BCUT2D eigenvalue weighted by atomic mass is 9.76. The highest BCUT2D eigenvalue weighted by molar-refractivity contribution is 6.30. The van der Waals surface area contributed by atoms with E-state index >= 15 is 0 Å². The monoisotopic (exact) mass is 380 g/mol. The van der Waals surface area contributed by atoms with E-state index in [-0.39, 0.29) is 11.9 Å². The second kappa shape index (κ2) is 7.40. The van der Waals surface area contributed by atoms with Crippen molar-refractivity contribution >= 4 is 23.2 Å². The minimum Gasteiger partial charge on any atom is -0.378 e. The first-order chi connectivity index (χ1) is 13.1. The second-order valence-corrected chi connectivity index (χ2v) is 7.74. The molecule has 3 atom stereocenters. The van der Waals surface area contributed by atoms with Gasteiger partial charge in [0.05, 0.1) is 6.04 Å². The highest BCUT2D eigenvalue weighted by Gasteiger charge is 2.38. The molecule has 1 aliphatic carbocycles. The summed E-state index contributed by atoms with van der Waals surface area (Å²) in [6.45, 7) is 5.51. The molecule has 1 heterocycles. The van der Waals surface area contributed by atoms with E-state index in [1.54, 1.807) is 0 Å². The van der Waals surface area contributed by atoms with Crippen LogP contribution in [-0.2, 0) is 0 Å². The molecule has 2 aromatic carbocycles. The molecule has 0 saturated heterocycles. The van der Waals surface area contributed by atoms with E-state index in [0.29, 0.717) is 11.8 Å². The van der Waals surface area contributed by atoms with Gasteiger partial charge in [-0.3, -0.25) is 4.79 Å². The van der Waals surface area contributed by atoms with Gasteiger partial charge in [0, 0.05) is 35.3 Å². The SMILES string of the molecule is CCN(CC)C(=O)c1ccc2c(c1)C1C=CCC1C(c1ccc(Cl)cc1)N2. The molecule has 4 heteroatoms. The minimum atomic E-state index is 0.112. The minimum absolute atomic E-state index is 0.112. The summed E-state index contributed by atoms with van der Waals surface area (Å²) < 4.78 is 0. The molecule has 1 amide bonds. The van der Waals surface area contributed by atoms with Crippen LogP contribution in [0.1, 0.15) is 53.7 Å². The molecule has 0 bridgehead atoms. The van der Waals surface area contributed by atoms with Crippen LogP contribution in [0.3, 0.4) is 0 Å². The van der Waals surface area contributed by atoms with Crippen molar-refractivity contribution in [1.29, 1.82) is 0 Å². The number of fused-ring (bicyclic) bond motifs is 3. The van der Waals surface area contributed by atoms with Crippen LogP contribution >= 0.6 is 11.6 Å². The van der Waals surface area contributed by atoms with E-state index in [1.165, 1.54) is 11.1 Å². The number of allylic oxidation sites excluding steroid dienone is 2. The number of amides is 1. The third-order valence-corrected chi connectivity index (χ3v) is 6.14. The maximum absolute atomic E-state index is 12.8. The number of benzene rings is 2. The smallest absolute Gasteiger partial charge is 0.253 e. The number of hydrogen-bond donors (Lipinski definition) is 1. The van der Waals surface area contributed by atoms with E-state index < -0.39 is 0 Å². The Labute approximate surface area is 166 Å². The van der Waals surface area contributed by atoms with Crippen LogP contribution in [0.5, 0.6) is 0 Å². The first-order valence-corrected chi connectivity index (χ1v) is 10.1. The van der Waals surface area contributed by atoms with Gasteiger partial charge in [-0.2, -0.15) is 0 Å². The Bertz CT molecular complexity index is 870. The quantitative estimate of drug-likeness (QED) is 0.695. The van der Waals surface area contributed by atoms with Crippen molar-refractivity contribution in [3.05, 3.63) is 76.3 Å². The fraction of sp³-hybridized carbons (Fsp3) is 0.348. The average molecular weight is 381 g/mol. The summed E-state index contributed by atoms with van der Waals surface area (Å²) in [5.41, 5.74) is 4.39. The molecule has 27 heavy (non-hydrogen) atoms. The van der Waals surface area contributed by atoms with Gasteiger partial charge in [0.25, 0.3) is 5.91 Å². The Kier molecular flexibility index (Phi) is 4.96. The molecule has 1 aliphatic heterocycles. The number of hydrogen-bond acceptors (Lipinski definition) is 2. The van der Waals surface area contributed by atoms with Crippen LogP contribution in [0.25, 0.3) is 0 Å². The normalized spacial score (nSPS) is 22.7. The molecule has 0 radical (unpaired) electrons. The number of halogens is 1. The molecular weight excluding hydrogens is 356 g/mol. The van der Waals surface area contributed by atoms with Gasteiger partial charge < -0.3 is 10.2 Å². The van der Waals surface area contributed by atoms with Gasteiger partial charge in [-0.15, -0.1) is 0 Å². The van der Waals surface area contributed by atoms with Crippen molar-refractivity contribution in [2.75, 3.05) is 18.4 Å². The van der Waals surface area contributed by atoms with Gasteiger partial charge >= 0.3 is 0 Å². The van der Waals surface area contributed by atoms with Crippen molar-refractivity contribution in [3.63, 3.8) is 0 Å². The zero-order chi connectivity index (χ0) is 19.0. The Morgan fingerprint density at radius 2 is 1.89 bits per heavy atom. The first kappa shape index (κ1) is 18.1. The van der Waals surface area contributed by atoms with E-state index in [0.717, 1.165) is 35.8 Å². The molecule has 0 fully saturated rings. The van der Waals surface area contributed by atoms with Crippen molar-refractivity contribution < 1.29 is 4.79 Å². The van der Waals surface area contributed by atoms with Crippen LogP contribution < -0.4 is 5.32 Å². The third-order valence-electron chi connectivity index (χ3n) is 5.89. The standard InChI is InChI=1S/C23H25ClN2O/c1-3-26(4-2)23(27)16-10-13-21-20(14-16)18-6-5-7-19(18)22(25-21)15-8-11-17(24)12-9-15/h5-6,8-14,18-19,22,25H,3-4,7H2,1-2H3. The fourth-order valence-electron chi connectivity index (χ4n) is 4.42. The number of nitrogens with zero attached hydrogens (tertiary/aromatic N) is 1. The molecule has 0 aromatic heterocycles. The summed E-state index contributed by atoms with van der Waals surface area (Å²) in [5.74, 6) is 0.907. The summed E-state index contributed by atoms with van der Waals surface area (Å²) in [6.07, 6.45) is 5.62. The number of carbonyl (C=O) groups excluding carboxylic acids is 1. The van der Waals surface area contributed by atoms with Crippen molar-refractivity contribution in [3.8, 4) is 0 Å². The number of rotatable bonds is 4. The van der Waals surface area contributed by atoms with Crippen molar-refractivity contribution in [2.24, 2.45) is 5.92 Å². The molecule has 2 aromatic rings. The number of nitrogens with one attached hydrogen (secondary N) is 1. The lowest BCUT2D eigenvalue weighted by Gasteiger charge is -2.38. The van der Waals surface area contributed by atoms with Gasteiger partial charge in [0.2, 0.25) is 0 Å². The van der Waals surface area contributed by atoms with Gasteiger partial charge in [0.15, 0.2) is 0 Å². The molecule has 0 saturated carbocycles. The Hall–Kier alpha value is -2.26. The molecule has 3 nitrogen and oxygen atoms in total. The van der Waals surface area contributed by atoms with E-state index in [9.17, 15) is 4.79 Å². The molecular formula is C23H25ClN2O. The lowest BCUT2D eigenvalue weighted by molar-refractivity contribution is 0.0773.